The summed E-state index contributed by atoms with van der Waals surface area (Å²) < 4.78 is 2.06. The van der Waals surface area contributed by atoms with Gasteiger partial charge in [0.15, 0.2) is 5.16 Å². The Balaban J connectivity index is 1.62. The van der Waals surface area contributed by atoms with Crippen LogP contribution in [0.5, 0.6) is 0 Å². The fraction of sp³-hybridized carbons (Fsp3) is 0.100. The topological polar surface area (TPSA) is 73.8 Å². The van der Waals surface area contributed by atoms with Crippen LogP contribution < -0.4 is 0 Å². The summed E-state index contributed by atoms with van der Waals surface area (Å²) >= 11 is 3.21. The van der Waals surface area contributed by atoms with Crippen molar-refractivity contribution in [1.82, 2.24) is 14.8 Å². The van der Waals surface area contributed by atoms with Crippen LogP contribution in [0.1, 0.15) is 16.3 Å². The molecule has 0 aliphatic heterocycles. The molecule has 0 radical (unpaired) electrons. The Bertz CT molecular complexity index is 1080. The van der Waals surface area contributed by atoms with E-state index >= 15 is 0 Å². The summed E-state index contributed by atoms with van der Waals surface area (Å²) in [7, 11) is 0. The van der Waals surface area contributed by atoms with Crippen LogP contribution in [0.15, 0.2) is 77.3 Å². The van der Waals surface area contributed by atoms with Crippen LogP contribution in [0.3, 0.4) is 0 Å². The maximum absolute atomic E-state index is 11.0. The molecule has 0 aliphatic carbocycles. The molecule has 8 heteroatoms. The second-order valence-corrected chi connectivity index (χ2v) is 8.02. The van der Waals surface area contributed by atoms with Gasteiger partial charge >= 0.3 is 0 Å². The average Bonchev–Trinajstić information content (AvgIpc) is 3.37. The Morgan fingerprint density at radius 3 is 2.64 bits per heavy atom. The van der Waals surface area contributed by atoms with Gasteiger partial charge in [-0.25, -0.2) is 0 Å². The largest absolute Gasteiger partial charge is 0.274 e. The van der Waals surface area contributed by atoms with Gasteiger partial charge in [-0.2, -0.15) is 0 Å². The maximum atomic E-state index is 11.0. The number of thiophene rings is 1. The fourth-order valence-electron chi connectivity index (χ4n) is 2.82. The zero-order valence-electron chi connectivity index (χ0n) is 14.8. The number of nitrogens with zero attached hydrogens (tertiary/aromatic N) is 4. The van der Waals surface area contributed by atoms with Gasteiger partial charge in [0.1, 0.15) is 5.82 Å². The number of rotatable bonds is 7. The van der Waals surface area contributed by atoms with Gasteiger partial charge in [-0.15, -0.1) is 21.5 Å². The minimum absolute atomic E-state index is 0.0982. The lowest BCUT2D eigenvalue weighted by atomic mass is 10.2. The van der Waals surface area contributed by atoms with Crippen molar-refractivity contribution in [2.75, 3.05) is 0 Å². The van der Waals surface area contributed by atoms with Gasteiger partial charge in [0.25, 0.3) is 5.69 Å². The number of para-hydroxylation sites is 1. The normalized spacial score (nSPS) is 10.9. The predicted molar refractivity (Wildman–Crippen MR) is 111 cm³/mol. The average molecular weight is 409 g/mol. The Morgan fingerprint density at radius 2 is 1.89 bits per heavy atom. The minimum atomic E-state index is -0.375. The Labute approximate surface area is 170 Å². The molecule has 0 saturated carbocycles. The van der Waals surface area contributed by atoms with Crippen LogP contribution in [0.25, 0.3) is 5.69 Å². The van der Waals surface area contributed by atoms with Crippen molar-refractivity contribution in [1.29, 1.82) is 0 Å². The lowest BCUT2D eigenvalue weighted by Crippen LogP contribution is -2.03. The van der Waals surface area contributed by atoms with Crippen LogP contribution in [-0.4, -0.2) is 19.7 Å². The second-order valence-electron chi connectivity index (χ2n) is 6.04. The molecule has 0 aliphatic rings. The molecule has 0 saturated heterocycles. The van der Waals surface area contributed by atoms with Gasteiger partial charge in [0, 0.05) is 34.9 Å². The number of hydrogen-bond acceptors (Lipinski definition) is 6. The zero-order chi connectivity index (χ0) is 19.3. The van der Waals surface area contributed by atoms with E-state index in [1.807, 2.05) is 42.5 Å². The molecule has 0 bridgehead atoms. The molecule has 6 nitrogen and oxygen atoms in total. The summed E-state index contributed by atoms with van der Waals surface area (Å²) in [6, 6.07) is 20.8. The van der Waals surface area contributed by atoms with Crippen molar-refractivity contribution in [3.8, 4) is 5.69 Å². The third-order valence-electron chi connectivity index (χ3n) is 4.12. The van der Waals surface area contributed by atoms with E-state index in [2.05, 4.69) is 26.2 Å². The van der Waals surface area contributed by atoms with Crippen LogP contribution in [0.2, 0.25) is 0 Å². The Morgan fingerprint density at radius 1 is 1.04 bits per heavy atom. The highest BCUT2D eigenvalue weighted by Gasteiger charge is 2.16. The third-order valence-corrected chi connectivity index (χ3v) is 5.99. The molecule has 2 aromatic carbocycles. The zero-order valence-corrected chi connectivity index (χ0v) is 16.4. The van der Waals surface area contributed by atoms with E-state index < -0.39 is 0 Å². The highest BCUT2D eigenvalue weighted by molar-refractivity contribution is 7.98. The molecule has 0 spiro atoms. The smallest absolute Gasteiger partial charge is 0.269 e. The lowest BCUT2D eigenvalue weighted by molar-refractivity contribution is -0.384. The number of hydrogen-bond donors (Lipinski definition) is 0. The first-order valence-electron chi connectivity index (χ1n) is 8.59. The van der Waals surface area contributed by atoms with E-state index in [9.17, 15) is 10.1 Å². The SMILES string of the molecule is O=[N+]([O-])c1cccc(CSc2nnc(Cc3cccs3)n2-c2ccccc2)c1. The number of nitro groups is 1. The molecule has 2 heterocycles. The van der Waals surface area contributed by atoms with Crippen molar-refractivity contribution in [3.63, 3.8) is 0 Å². The lowest BCUT2D eigenvalue weighted by Gasteiger charge is -2.10. The van der Waals surface area contributed by atoms with Crippen LogP contribution in [0.4, 0.5) is 5.69 Å². The molecule has 0 fully saturated rings. The van der Waals surface area contributed by atoms with Crippen molar-refractivity contribution >= 4 is 28.8 Å². The molecule has 140 valence electrons. The van der Waals surface area contributed by atoms with Crippen LogP contribution >= 0.6 is 23.1 Å². The first-order chi connectivity index (χ1) is 13.7. The van der Waals surface area contributed by atoms with Crippen molar-refractivity contribution in [2.24, 2.45) is 0 Å². The molecular formula is C20H16N4O2S2. The Hall–Kier alpha value is -2.97. The molecule has 28 heavy (non-hydrogen) atoms. The number of benzene rings is 2. The van der Waals surface area contributed by atoms with Gasteiger partial charge in [-0.05, 0) is 29.1 Å². The summed E-state index contributed by atoms with van der Waals surface area (Å²) in [5.41, 5.74) is 1.98. The molecule has 0 unspecified atom stereocenters. The van der Waals surface area contributed by atoms with Crippen LogP contribution in [-0.2, 0) is 12.2 Å². The highest BCUT2D eigenvalue weighted by atomic mass is 32.2. The second kappa shape index (κ2) is 8.37. The van der Waals surface area contributed by atoms with E-state index in [4.69, 9.17) is 0 Å². The monoisotopic (exact) mass is 408 g/mol. The summed E-state index contributed by atoms with van der Waals surface area (Å²) in [6.45, 7) is 0. The van der Waals surface area contributed by atoms with E-state index in [1.54, 1.807) is 23.5 Å². The molecule has 0 atom stereocenters. The number of thioether (sulfide) groups is 1. The third kappa shape index (κ3) is 4.13. The van der Waals surface area contributed by atoms with E-state index in [-0.39, 0.29) is 10.6 Å². The minimum Gasteiger partial charge on any atom is -0.274 e. The van der Waals surface area contributed by atoms with Crippen molar-refractivity contribution < 1.29 is 4.92 Å². The number of aromatic nitrogens is 3. The van der Waals surface area contributed by atoms with Crippen molar-refractivity contribution in [2.45, 2.75) is 17.3 Å². The summed E-state index contributed by atoms with van der Waals surface area (Å²) in [4.78, 5) is 11.8. The molecule has 0 N–H and O–H groups in total. The van der Waals surface area contributed by atoms with E-state index in [1.165, 1.54) is 22.7 Å². The van der Waals surface area contributed by atoms with Gasteiger partial charge in [0.05, 0.1) is 4.92 Å². The fourth-order valence-corrected chi connectivity index (χ4v) is 4.44. The maximum Gasteiger partial charge on any atom is 0.269 e. The molecule has 4 rings (SSSR count). The first-order valence-corrected chi connectivity index (χ1v) is 10.5. The molecule has 4 aromatic rings. The number of non-ortho nitro benzene ring substituents is 1. The van der Waals surface area contributed by atoms with Gasteiger partial charge < -0.3 is 0 Å². The highest BCUT2D eigenvalue weighted by Crippen LogP contribution is 2.27. The molecule has 0 amide bonds. The van der Waals surface area contributed by atoms with Gasteiger partial charge in [-0.3, -0.25) is 14.7 Å². The first kappa shape index (κ1) is 18.4. The summed E-state index contributed by atoms with van der Waals surface area (Å²) in [5, 5.41) is 22.6. The van der Waals surface area contributed by atoms with Crippen molar-refractivity contribution in [3.05, 3.63) is 98.5 Å². The summed E-state index contributed by atoms with van der Waals surface area (Å²) in [6.07, 6.45) is 0.705. The molecule has 2 aromatic heterocycles. The quantitative estimate of drug-likeness (QED) is 0.241. The van der Waals surface area contributed by atoms with E-state index in [0.29, 0.717) is 12.2 Å². The Kier molecular flexibility index (Phi) is 5.50. The van der Waals surface area contributed by atoms with Gasteiger partial charge in [0.2, 0.25) is 0 Å². The van der Waals surface area contributed by atoms with Crippen LogP contribution in [0, 0.1) is 10.1 Å². The van der Waals surface area contributed by atoms with E-state index in [0.717, 1.165) is 22.2 Å². The predicted octanol–water partition coefficient (Wildman–Crippen LogP) is 5.12. The summed E-state index contributed by atoms with van der Waals surface area (Å²) in [5.74, 6) is 1.45. The number of nitro benzene ring substituents is 1. The standard InChI is InChI=1S/C20H16N4O2S2/c25-24(26)17-9-4-6-15(12-17)14-28-20-22-21-19(13-18-10-5-11-27-18)23(20)16-7-2-1-3-8-16/h1-12H,13-14H2. The molecular weight excluding hydrogens is 392 g/mol. The van der Waals surface area contributed by atoms with Gasteiger partial charge in [-0.1, -0.05) is 48.2 Å².